The molecule has 1 aromatic heterocycles. The fraction of sp³-hybridized carbons (Fsp3) is 0.433. The van der Waals surface area contributed by atoms with E-state index < -0.39 is 0 Å². The highest BCUT2D eigenvalue weighted by Crippen LogP contribution is 2.28. The summed E-state index contributed by atoms with van der Waals surface area (Å²) < 4.78 is 1.76. The van der Waals surface area contributed by atoms with Gasteiger partial charge in [0.05, 0.1) is 11.9 Å². The third kappa shape index (κ3) is 7.68. The number of fused-ring (bicyclic) bond motifs is 1. The monoisotopic (exact) mass is 535 g/mol. The Balaban J connectivity index is 1.61. The van der Waals surface area contributed by atoms with Crippen LogP contribution in [-0.4, -0.2) is 57.6 Å². The first-order valence-corrected chi connectivity index (χ1v) is 13.9. The van der Waals surface area contributed by atoms with E-state index in [9.17, 15) is 9.59 Å². The Morgan fingerprint density at radius 2 is 1.76 bits per heavy atom. The van der Waals surface area contributed by atoms with Crippen LogP contribution in [-0.2, 0) is 36.1 Å². The third-order valence-corrected chi connectivity index (χ3v) is 7.23. The zero-order valence-electron chi connectivity index (χ0n) is 22.5. The minimum atomic E-state index is 0.0966. The van der Waals surface area contributed by atoms with Crippen molar-refractivity contribution in [1.29, 1.82) is 0 Å². The van der Waals surface area contributed by atoms with E-state index >= 15 is 0 Å². The maximum Gasteiger partial charge on any atom is 0.226 e. The standard InChI is InChI=1S/C30H38ClN5O2/c1-3-8-30(38)36-16-7-15-34(22-24-9-5-4-6-10-24)17-18-35(23-26-12-13-27(31)19-28(26)36)29(37)14-11-25-20-32-33(2)21-25/h4-6,9-10,12-13,19-21H,3,7-8,11,14-18,22-23H2,1-2H3. The molecule has 0 saturated carbocycles. The average Bonchev–Trinajstić information content (AvgIpc) is 3.32. The Morgan fingerprint density at radius 1 is 0.947 bits per heavy atom. The van der Waals surface area contributed by atoms with E-state index in [4.69, 9.17) is 11.6 Å². The van der Waals surface area contributed by atoms with Gasteiger partial charge in [-0.25, -0.2) is 0 Å². The molecule has 2 amide bonds. The molecule has 2 aromatic carbocycles. The van der Waals surface area contributed by atoms with Gasteiger partial charge in [-0.1, -0.05) is 54.9 Å². The highest BCUT2D eigenvalue weighted by Gasteiger charge is 2.24. The maximum absolute atomic E-state index is 13.6. The van der Waals surface area contributed by atoms with Gasteiger partial charge in [0, 0.05) is 70.4 Å². The Morgan fingerprint density at radius 3 is 2.50 bits per heavy atom. The highest BCUT2D eigenvalue weighted by atomic mass is 35.5. The summed E-state index contributed by atoms with van der Waals surface area (Å²) in [6, 6.07) is 16.1. The molecule has 202 valence electrons. The van der Waals surface area contributed by atoms with Crippen LogP contribution in [0.25, 0.3) is 0 Å². The van der Waals surface area contributed by atoms with Gasteiger partial charge < -0.3 is 9.80 Å². The van der Waals surface area contributed by atoms with Gasteiger partial charge in [-0.3, -0.25) is 19.2 Å². The smallest absolute Gasteiger partial charge is 0.226 e. The Labute approximate surface area is 231 Å². The second kappa shape index (κ2) is 13.6. The normalized spacial score (nSPS) is 15.1. The van der Waals surface area contributed by atoms with Crippen molar-refractivity contribution in [1.82, 2.24) is 19.6 Å². The average molecular weight is 536 g/mol. The highest BCUT2D eigenvalue weighted by molar-refractivity contribution is 6.31. The van der Waals surface area contributed by atoms with E-state index in [1.165, 1.54) is 5.56 Å². The minimum absolute atomic E-state index is 0.0966. The van der Waals surface area contributed by atoms with Crippen molar-refractivity contribution in [2.45, 2.75) is 52.1 Å². The molecule has 0 aliphatic carbocycles. The summed E-state index contributed by atoms with van der Waals surface area (Å²) >= 11 is 6.42. The number of benzene rings is 2. The lowest BCUT2D eigenvalue weighted by atomic mass is 10.1. The second-order valence-corrected chi connectivity index (χ2v) is 10.5. The number of anilines is 1. The van der Waals surface area contributed by atoms with Crippen LogP contribution in [0.5, 0.6) is 0 Å². The Kier molecular flexibility index (Phi) is 9.96. The molecule has 1 aliphatic rings. The first kappa shape index (κ1) is 27.9. The number of hydrogen-bond acceptors (Lipinski definition) is 4. The summed E-state index contributed by atoms with van der Waals surface area (Å²) in [5.74, 6) is 0.194. The van der Waals surface area contributed by atoms with Gasteiger partial charge in [-0.15, -0.1) is 0 Å². The third-order valence-electron chi connectivity index (χ3n) is 6.99. The van der Waals surface area contributed by atoms with Crippen molar-refractivity contribution in [2.24, 2.45) is 7.05 Å². The molecular weight excluding hydrogens is 498 g/mol. The molecule has 0 fully saturated rings. The maximum atomic E-state index is 13.6. The molecule has 7 nitrogen and oxygen atoms in total. The molecular formula is C30H38ClN5O2. The summed E-state index contributed by atoms with van der Waals surface area (Å²) in [7, 11) is 1.88. The summed E-state index contributed by atoms with van der Waals surface area (Å²) in [5, 5.41) is 4.82. The van der Waals surface area contributed by atoms with Gasteiger partial charge >= 0.3 is 0 Å². The van der Waals surface area contributed by atoms with Crippen LogP contribution < -0.4 is 4.90 Å². The first-order chi connectivity index (χ1) is 18.4. The molecule has 0 unspecified atom stereocenters. The molecule has 0 saturated heterocycles. The van der Waals surface area contributed by atoms with Crippen molar-refractivity contribution >= 4 is 29.1 Å². The fourth-order valence-corrected chi connectivity index (χ4v) is 5.15. The Bertz CT molecular complexity index is 1210. The molecule has 0 atom stereocenters. The van der Waals surface area contributed by atoms with Crippen LogP contribution in [0, 0.1) is 0 Å². The van der Waals surface area contributed by atoms with Crippen molar-refractivity contribution in [3.8, 4) is 0 Å². The molecule has 0 spiro atoms. The lowest BCUT2D eigenvalue weighted by Gasteiger charge is -2.28. The minimum Gasteiger partial charge on any atom is -0.337 e. The lowest BCUT2D eigenvalue weighted by molar-refractivity contribution is -0.132. The fourth-order valence-electron chi connectivity index (χ4n) is 4.98. The van der Waals surface area contributed by atoms with Crippen LogP contribution in [0.15, 0.2) is 60.9 Å². The summed E-state index contributed by atoms with van der Waals surface area (Å²) in [6.07, 6.45) is 6.92. The molecule has 2 heterocycles. The van der Waals surface area contributed by atoms with E-state index in [1.807, 2.05) is 60.4 Å². The molecule has 38 heavy (non-hydrogen) atoms. The summed E-state index contributed by atoms with van der Waals surface area (Å²) in [5.41, 5.74) is 4.06. The molecule has 0 radical (unpaired) electrons. The van der Waals surface area contributed by atoms with E-state index in [1.54, 1.807) is 4.68 Å². The number of hydrogen-bond donors (Lipinski definition) is 0. The zero-order chi connectivity index (χ0) is 26.9. The number of carbonyl (C=O) groups is 2. The summed E-state index contributed by atoms with van der Waals surface area (Å²) in [4.78, 5) is 33.0. The van der Waals surface area contributed by atoms with E-state index in [2.05, 4.69) is 34.3 Å². The van der Waals surface area contributed by atoms with Crippen LogP contribution in [0.1, 0.15) is 49.3 Å². The predicted octanol–water partition coefficient (Wildman–Crippen LogP) is 5.07. The number of halogens is 1. The number of nitrogens with zero attached hydrogens (tertiary/aromatic N) is 5. The number of aryl methyl sites for hydroxylation is 2. The molecule has 1 aliphatic heterocycles. The molecule has 8 heteroatoms. The Hall–Kier alpha value is -3.16. The van der Waals surface area contributed by atoms with Crippen molar-refractivity contribution in [3.05, 3.63) is 82.6 Å². The lowest BCUT2D eigenvalue weighted by Crippen LogP contribution is -2.38. The predicted molar refractivity (Wildman–Crippen MR) is 152 cm³/mol. The number of amides is 2. The number of aromatic nitrogens is 2. The number of carbonyl (C=O) groups excluding carboxylic acids is 2. The van der Waals surface area contributed by atoms with Gasteiger partial charge in [0.25, 0.3) is 0 Å². The summed E-state index contributed by atoms with van der Waals surface area (Å²) in [6.45, 7) is 6.09. The van der Waals surface area contributed by atoms with E-state index in [-0.39, 0.29) is 11.8 Å². The van der Waals surface area contributed by atoms with Gasteiger partial charge in [0.15, 0.2) is 0 Å². The molecule has 0 bridgehead atoms. The zero-order valence-corrected chi connectivity index (χ0v) is 23.2. The van der Waals surface area contributed by atoms with Crippen molar-refractivity contribution in [3.63, 3.8) is 0 Å². The largest absolute Gasteiger partial charge is 0.337 e. The van der Waals surface area contributed by atoms with Crippen LogP contribution in [0.2, 0.25) is 5.02 Å². The van der Waals surface area contributed by atoms with E-state index in [0.717, 1.165) is 49.3 Å². The topological polar surface area (TPSA) is 61.7 Å². The van der Waals surface area contributed by atoms with Crippen LogP contribution >= 0.6 is 11.6 Å². The van der Waals surface area contributed by atoms with Crippen molar-refractivity contribution < 1.29 is 9.59 Å². The van der Waals surface area contributed by atoms with E-state index in [0.29, 0.717) is 43.9 Å². The van der Waals surface area contributed by atoms with Crippen LogP contribution in [0.3, 0.4) is 0 Å². The molecule has 3 aromatic rings. The quantitative estimate of drug-likeness (QED) is 0.423. The first-order valence-electron chi connectivity index (χ1n) is 13.5. The van der Waals surface area contributed by atoms with Gasteiger partial charge in [0.2, 0.25) is 11.8 Å². The van der Waals surface area contributed by atoms with Crippen molar-refractivity contribution in [2.75, 3.05) is 31.1 Å². The molecule has 4 rings (SSSR count). The molecule has 0 N–H and O–H groups in total. The van der Waals surface area contributed by atoms with Gasteiger partial charge in [-0.2, -0.15) is 5.10 Å². The second-order valence-electron chi connectivity index (χ2n) is 10.0. The van der Waals surface area contributed by atoms with Gasteiger partial charge in [0.1, 0.15) is 0 Å². The van der Waals surface area contributed by atoms with Gasteiger partial charge in [-0.05, 0) is 48.1 Å². The number of rotatable bonds is 7. The van der Waals surface area contributed by atoms with Crippen LogP contribution in [0.4, 0.5) is 5.69 Å². The SMILES string of the molecule is CCCC(=O)N1CCCN(Cc2ccccc2)CCN(C(=O)CCc2cnn(C)c2)Cc2ccc(Cl)cc21.